The molecular weight excluding hydrogens is 296 g/mol. The van der Waals surface area contributed by atoms with Crippen molar-refractivity contribution < 1.29 is 19.1 Å². The van der Waals surface area contributed by atoms with Crippen LogP contribution in [0.25, 0.3) is 0 Å². The molecule has 0 saturated heterocycles. The number of methoxy groups -OCH3 is 1. The van der Waals surface area contributed by atoms with Crippen molar-refractivity contribution in [1.29, 1.82) is 0 Å². The van der Waals surface area contributed by atoms with E-state index in [0.29, 0.717) is 30.9 Å². The van der Waals surface area contributed by atoms with Crippen molar-refractivity contribution in [3.8, 4) is 11.8 Å². The molecule has 6 heteroatoms. The molecule has 0 aromatic carbocycles. The summed E-state index contributed by atoms with van der Waals surface area (Å²) in [7, 11) is 1.50. The minimum atomic E-state index is -0.288. The molecule has 1 heterocycles. The monoisotopic (exact) mass is 320 g/mol. The van der Waals surface area contributed by atoms with E-state index in [2.05, 4.69) is 17.1 Å². The smallest absolute Gasteiger partial charge is 0.315 e. The molecule has 1 aromatic heterocycles. The van der Waals surface area contributed by atoms with Crippen LogP contribution in [0.4, 0.5) is 0 Å². The number of carbonyl (C=O) groups excluding carboxylic acids is 2. The molecule has 1 aliphatic rings. The van der Waals surface area contributed by atoms with E-state index in [9.17, 15) is 9.59 Å². The lowest BCUT2D eigenvalue weighted by atomic mass is 9.79. The molecule has 0 amide bonds. The van der Waals surface area contributed by atoms with Crippen LogP contribution in [0.1, 0.15) is 51.9 Å². The molecule has 6 nitrogen and oxygen atoms in total. The van der Waals surface area contributed by atoms with E-state index in [1.165, 1.54) is 7.11 Å². The van der Waals surface area contributed by atoms with Gasteiger partial charge in [-0.05, 0) is 32.1 Å². The fourth-order valence-corrected chi connectivity index (χ4v) is 2.86. The predicted molar refractivity (Wildman–Crippen MR) is 84.2 cm³/mol. The second-order valence-corrected chi connectivity index (χ2v) is 5.95. The molecule has 0 spiro atoms. The highest BCUT2D eigenvalue weighted by atomic mass is 16.5. The normalized spacial score (nSPS) is 20.8. The maximum atomic E-state index is 12.2. The van der Waals surface area contributed by atoms with Gasteiger partial charge in [0.15, 0.2) is 0 Å². The van der Waals surface area contributed by atoms with Gasteiger partial charge in [-0.3, -0.25) is 9.59 Å². The van der Waals surface area contributed by atoms with E-state index in [-0.39, 0.29) is 23.7 Å². The van der Waals surface area contributed by atoms with E-state index in [0.717, 1.165) is 25.7 Å². The van der Waals surface area contributed by atoms with Crippen LogP contribution in [0.15, 0.2) is 12.1 Å². The van der Waals surface area contributed by atoms with Crippen LogP contribution in [-0.4, -0.2) is 29.1 Å². The number of ether oxygens (including phenoxy) is 2. The van der Waals surface area contributed by atoms with Crippen LogP contribution in [0.5, 0.6) is 11.8 Å². The molecule has 0 aliphatic heterocycles. The quantitative estimate of drug-likeness (QED) is 0.719. The van der Waals surface area contributed by atoms with Gasteiger partial charge in [-0.15, -0.1) is 10.2 Å². The van der Waals surface area contributed by atoms with Gasteiger partial charge in [0.25, 0.3) is 0 Å². The zero-order valence-corrected chi connectivity index (χ0v) is 13.8. The van der Waals surface area contributed by atoms with Crippen LogP contribution in [0, 0.1) is 11.8 Å². The van der Waals surface area contributed by atoms with Gasteiger partial charge in [-0.2, -0.15) is 0 Å². The summed E-state index contributed by atoms with van der Waals surface area (Å²) in [5.74, 6) is 0.567. The summed E-state index contributed by atoms with van der Waals surface area (Å²) < 4.78 is 10.2. The Morgan fingerprint density at radius 2 is 1.70 bits per heavy atom. The van der Waals surface area contributed by atoms with Gasteiger partial charge in [0.1, 0.15) is 5.78 Å². The molecule has 126 valence electrons. The van der Waals surface area contributed by atoms with E-state index in [1.54, 1.807) is 12.1 Å². The third kappa shape index (κ3) is 5.01. The molecule has 1 aromatic rings. The van der Waals surface area contributed by atoms with Crippen LogP contribution in [-0.2, 0) is 9.59 Å². The molecule has 0 atom stereocenters. The number of ketones is 1. The van der Waals surface area contributed by atoms with Crippen molar-refractivity contribution in [2.75, 3.05) is 7.11 Å². The molecule has 1 saturated carbocycles. The van der Waals surface area contributed by atoms with Crippen LogP contribution in [0.2, 0.25) is 0 Å². The molecule has 1 fully saturated rings. The Hall–Kier alpha value is -1.98. The van der Waals surface area contributed by atoms with E-state index >= 15 is 0 Å². The molecule has 0 radical (unpaired) electrons. The minimum absolute atomic E-state index is 0.117. The lowest BCUT2D eigenvalue weighted by molar-refractivity contribution is -0.141. The number of carbonyl (C=O) groups is 2. The Bertz CT molecular complexity index is 522. The Labute approximate surface area is 136 Å². The van der Waals surface area contributed by atoms with Gasteiger partial charge in [0.2, 0.25) is 11.8 Å². The maximum Gasteiger partial charge on any atom is 0.315 e. The summed E-state index contributed by atoms with van der Waals surface area (Å²) in [6.45, 7) is 2.09. The first kappa shape index (κ1) is 17.4. The lowest BCUT2D eigenvalue weighted by Gasteiger charge is -2.26. The molecule has 0 bridgehead atoms. The second kappa shape index (κ2) is 8.60. The SMILES string of the molecule is CCCCC(=O)C1CCC(C(=O)Oc2ccc(OC)nn2)CC1. The summed E-state index contributed by atoms with van der Waals surface area (Å²) in [6.07, 6.45) is 5.61. The average molecular weight is 320 g/mol. The van der Waals surface area contributed by atoms with Crippen LogP contribution in [0.3, 0.4) is 0 Å². The molecule has 23 heavy (non-hydrogen) atoms. The number of hydrogen-bond donors (Lipinski definition) is 0. The van der Waals surface area contributed by atoms with Crippen LogP contribution < -0.4 is 9.47 Å². The topological polar surface area (TPSA) is 78.4 Å². The van der Waals surface area contributed by atoms with Gasteiger partial charge in [0, 0.05) is 24.5 Å². The zero-order chi connectivity index (χ0) is 16.7. The lowest BCUT2D eigenvalue weighted by Crippen LogP contribution is -2.28. The first-order valence-electron chi connectivity index (χ1n) is 8.26. The first-order valence-corrected chi connectivity index (χ1v) is 8.26. The van der Waals surface area contributed by atoms with Crippen molar-refractivity contribution >= 4 is 11.8 Å². The van der Waals surface area contributed by atoms with Crippen molar-refractivity contribution in [2.24, 2.45) is 11.8 Å². The predicted octanol–water partition coefficient (Wildman–Crippen LogP) is 2.96. The summed E-state index contributed by atoms with van der Waals surface area (Å²) in [5, 5.41) is 7.55. The Morgan fingerprint density at radius 3 is 2.26 bits per heavy atom. The van der Waals surface area contributed by atoms with Gasteiger partial charge in [0.05, 0.1) is 13.0 Å². The molecule has 2 rings (SSSR count). The largest absolute Gasteiger partial charge is 0.480 e. The number of hydrogen-bond acceptors (Lipinski definition) is 6. The standard InChI is InChI=1S/C17H24N2O4/c1-3-4-5-14(20)12-6-8-13(9-7-12)17(21)23-16-11-10-15(22-2)18-19-16/h10-13H,3-9H2,1-2H3. The fourth-order valence-electron chi connectivity index (χ4n) is 2.86. The van der Waals surface area contributed by atoms with Gasteiger partial charge in [-0.1, -0.05) is 13.3 Å². The van der Waals surface area contributed by atoms with Gasteiger partial charge < -0.3 is 9.47 Å². The maximum absolute atomic E-state index is 12.2. The van der Waals surface area contributed by atoms with Crippen LogP contribution >= 0.6 is 0 Å². The third-order valence-corrected chi connectivity index (χ3v) is 4.32. The number of unbranched alkanes of at least 4 members (excludes halogenated alkanes) is 1. The molecule has 0 unspecified atom stereocenters. The van der Waals surface area contributed by atoms with E-state index in [1.807, 2.05) is 0 Å². The highest BCUT2D eigenvalue weighted by Gasteiger charge is 2.30. The fraction of sp³-hybridized carbons (Fsp3) is 0.647. The average Bonchev–Trinajstić information content (AvgIpc) is 2.60. The number of Topliss-reactive ketones (excluding diaryl/α,β-unsaturated/α-hetero) is 1. The summed E-state index contributed by atoms with van der Waals surface area (Å²) in [6, 6.07) is 3.16. The number of rotatable bonds is 7. The van der Waals surface area contributed by atoms with Gasteiger partial charge in [-0.25, -0.2) is 0 Å². The highest BCUT2D eigenvalue weighted by molar-refractivity contribution is 5.81. The first-order chi connectivity index (χ1) is 11.1. The number of aromatic nitrogens is 2. The van der Waals surface area contributed by atoms with Crippen molar-refractivity contribution in [2.45, 2.75) is 51.9 Å². The number of esters is 1. The van der Waals surface area contributed by atoms with Crippen molar-refractivity contribution in [3.05, 3.63) is 12.1 Å². The summed E-state index contributed by atoms with van der Waals surface area (Å²) in [5.41, 5.74) is 0. The summed E-state index contributed by atoms with van der Waals surface area (Å²) >= 11 is 0. The minimum Gasteiger partial charge on any atom is -0.480 e. The molecule has 1 aliphatic carbocycles. The third-order valence-electron chi connectivity index (χ3n) is 4.32. The Kier molecular flexibility index (Phi) is 6.50. The van der Waals surface area contributed by atoms with Crippen molar-refractivity contribution in [1.82, 2.24) is 10.2 Å². The highest BCUT2D eigenvalue weighted by Crippen LogP contribution is 2.31. The summed E-state index contributed by atoms with van der Waals surface area (Å²) in [4.78, 5) is 24.2. The Balaban J connectivity index is 1.79. The van der Waals surface area contributed by atoms with Gasteiger partial charge >= 0.3 is 5.97 Å². The number of nitrogens with zero attached hydrogens (tertiary/aromatic N) is 2. The van der Waals surface area contributed by atoms with E-state index in [4.69, 9.17) is 9.47 Å². The molecular formula is C17H24N2O4. The van der Waals surface area contributed by atoms with Crippen molar-refractivity contribution in [3.63, 3.8) is 0 Å². The second-order valence-electron chi connectivity index (χ2n) is 5.95. The van der Waals surface area contributed by atoms with E-state index < -0.39 is 0 Å². The Morgan fingerprint density at radius 1 is 1.09 bits per heavy atom. The molecule has 0 N–H and O–H groups in total. The zero-order valence-electron chi connectivity index (χ0n) is 13.8.